The molecule has 0 bridgehead atoms. The quantitative estimate of drug-likeness (QED) is 0.738. The van der Waals surface area contributed by atoms with E-state index in [0.29, 0.717) is 0 Å². The molecule has 2 heteroatoms. The summed E-state index contributed by atoms with van der Waals surface area (Å²) in [5, 5.41) is 4.51. The van der Waals surface area contributed by atoms with Crippen LogP contribution in [0.4, 0.5) is 5.82 Å². The molecule has 1 aromatic carbocycles. The maximum absolute atomic E-state index is 4.58. The Morgan fingerprint density at radius 3 is 2.38 bits per heavy atom. The smallest absolute Gasteiger partial charge is 0.131 e. The summed E-state index contributed by atoms with van der Waals surface area (Å²) < 4.78 is 0. The molecule has 0 unspecified atom stereocenters. The highest BCUT2D eigenvalue weighted by atomic mass is 15.0. The zero-order valence-corrected chi connectivity index (χ0v) is 13.6. The van der Waals surface area contributed by atoms with Gasteiger partial charge in [-0.15, -0.1) is 0 Å². The lowest BCUT2D eigenvalue weighted by atomic mass is 10.1. The molecule has 0 saturated heterocycles. The zero-order valence-electron chi connectivity index (χ0n) is 13.6. The van der Waals surface area contributed by atoms with Crippen molar-refractivity contribution in [2.24, 2.45) is 0 Å². The normalized spacial score (nSPS) is 12.5. The Kier molecular flexibility index (Phi) is 7.88. The molecule has 0 amide bonds. The SMILES string of the molecule is C1=CC(Nc2ccc3ccccc3n2)=CCC1.CC.CC. The monoisotopic (exact) mass is 282 g/mol. The lowest BCUT2D eigenvalue weighted by Gasteiger charge is -2.10. The third-order valence-electron chi connectivity index (χ3n) is 2.87. The standard InChI is InChI=1S/C15H14N2.2C2H6/c1-2-7-13(8-3-1)16-15-11-10-12-6-4-5-9-14(12)17-15;2*1-2/h2,4-11H,1,3H2,(H,16,17);2*1-2H3. The van der Waals surface area contributed by atoms with E-state index in [-0.39, 0.29) is 0 Å². The van der Waals surface area contributed by atoms with Gasteiger partial charge >= 0.3 is 0 Å². The number of para-hydroxylation sites is 1. The average molecular weight is 282 g/mol. The van der Waals surface area contributed by atoms with Crippen LogP contribution in [0.2, 0.25) is 0 Å². The fourth-order valence-corrected chi connectivity index (χ4v) is 1.99. The number of nitrogens with zero attached hydrogens (tertiary/aromatic N) is 1. The Labute approximate surface area is 128 Å². The molecular weight excluding hydrogens is 256 g/mol. The van der Waals surface area contributed by atoms with Gasteiger partial charge in [-0.05, 0) is 37.1 Å². The highest BCUT2D eigenvalue weighted by Crippen LogP contribution is 2.17. The van der Waals surface area contributed by atoms with Crippen LogP contribution >= 0.6 is 0 Å². The Hall–Kier alpha value is -2.09. The first kappa shape index (κ1) is 17.0. The van der Waals surface area contributed by atoms with Gasteiger partial charge in [0.1, 0.15) is 5.82 Å². The van der Waals surface area contributed by atoms with E-state index in [1.807, 2.05) is 52.0 Å². The summed E-state index contributed by atoms with van der Waals surface area (Å²) in [6.07, 6.45) is 8.74. The number of benzene rings is 1. The van der Waals surface area contributed by atoms with Crippen LogP contribution in [0.25, 0.3) is 10.9 Å². The van der Waals surface area contributed by atoms with Gasteiger partial charge in [-0.2, -0.15) is 0 Å². The molecule has 1 heterocycles. The van der Waals surface area contributed by atoms with Gasteiger partial charge in [-0.3, -0.25) is 0 Å². The molecule has 0 atom stereocenters. The fraction of sp³-hybridized carbons (Fsp3) is 0.316. The Morgan fingerprint density at radius 1 is 0.905 bits per heavy atom. The summed E-state index contributed by atoms with van der Waals surface area (Å²) in [6, 6.07) is 12.3. The predicted molar refractivity (Wildman–Crippen MR) is 94.5 cm³/mol. The number of hydrogen-bond acceptors (Lipinski definition) is 2. The molecule has 2 nitrogen and oxygen atoms in total. The molecule has 112 valence electrons. The van der Waals surface area contributed by atoms with Crippen molar-refractivity contribution in [3.8, 4) is 0 Å². The first-order chi connectivity index (χ1) is 10.4. The largest absolute Gasteiger partial charge is 0.341 e. The molecule has 3 rings (SSSR count). The number of pyridine rings is 1. The van der Waals surface area contributed by atoms with Crippen molar-refractivity contribution >= 4 is 16.7 Å². The van der Waals surface area contributed by atoms with E-state index in [1.54, 1.807) is 0 Å². The minimum atomic E-state index is 0.904. The van der Waals surface area contributed by atoms with Crippen molar-refractivity contribution in [3.05, 3.63) is 60.3 Å². The van der Waals surface area contributed by atoms with Crippen molar-refractivity contribution < 1.29 is 0 Å². The second kappa shape index (κ2) is 9.76. The maximum Gasteiger partial charge on any atom is 0.131 e. The molecule has 0 aliphatic heterocycles. The van der Waals surface area contributed by atoms with Gasteiger partial charge in [0, 0.05) is 11.1 Å². The van der Waals surface area contributed by atoms with Gasteiger partial charge < -0.3 is 5.32 Å². The highest BCUT2D eigenvalue weighted by Gasteiger charge is 2.00. The van der Waals surface area contributed by atoms with Crippen LogP contribution in [0, 0.1) is 0 Å². The molecule has 0 saturated carbocycles. The average Bonchev–Trinajstić information content (AvgIpc) is 2.59. The van der Waals surface area contributed by atoms with Gasteiger partial charge in [0.2, 0.25) is 0 Å². The number of aromatic nitrogens is 1. The van der Waals surface area contributed by atoms with Crippen molar-refractivity contribution in [1.82, 2.24) is 4.98 Å². The zero-order chi connectivity index (χ0) is 15.5. The second-order valence-corrected chi connectivity index (χ2v) is 4.15. The van der Waals surface area contributed by atoms with Crippen LogP contribution in [0.5, 0.6) is 0 Å². The molecular formula is C19H26N2. The third-order valence-corrected chi connectivity index (χ3v) is 2.87. The van der Waals surface area contributed by atoms with Crippen molar-refractivity contribution in [3.63, 3.8) is 0 Å². The van der Waals surface area contributed by atoms with Gasteiger partial charge in [0.25, 0.3) is 0 Å². The fourth-order valence-electron chi connectivity index (χ4n) is 1.99. The van der Waals surface area contributed by atoms with Crippen molar-refractivity contribution in [1.29, 1.82) is 0 Å². The van der Waals surface area contributed by atoms with Crippen LogP contribution in [-0.2, 0) is 0 Å². The lowest BCUT2D eigenvalue weighted by Crippen LogP contribution is -2.00. The number of hydrogen-bond donors (Lipinski definition) is 1. The molecule has 1 N–H and O–H groups in total. The molecule has 2 aromatic rings. The molecule has 21 heavy (non-hydrogen) atoms. The Balaban J connectivity index is 0.000000510. The molecule has 0 fully saturated rings. The Bertz CT molecular complexity index is 597. The summed E-state index contributed by atoms with van der Waals surface area (Å²) in [7, 11) is 0. The van der Waals surface area contributed by atoms with Crippen LogP contribution in [0.15, 0.2) is 60.3 Å². The molecule has 0 radical (unpaired) electrons. The minimum Gasteiger partial charge on any atom is -0.341 e. The van der Waals surface area contributed by atoms with E-state index >= 15 is 0 Å². The van der Waals surface area contributed by atoms with E-state index in [1.165, 1.54) is 5.39 Å². The van der Waals surface area contributed by atoms with Crippen LogP contribution in [-0.4, -0.2) is 4.98 Å². The number of fused-ring (bicyclic) bond motifs is 1. The topological polar surface area (TPSA) is 24.9 Å². The summed E-state index contributed by atoms with van der Waals surface area (Å²) >= 11 is 0. The van der Waals surface area contributed by atoms with Crippen molar-refractivity contribution in [2.75, 3.05) is 5.32 Å². The minimum absolute atomic E-state index is 0.904. The molecule has 1 aromatic heterocycles. The van der Waals surface area contributed by atoms with Gasteiger partial charge in [0.05, 0.1) is 5.52 Å². The second-order valence-electron chi connectivity index (χ2n) is 4.15. The first-order valence-corrected chi connectivity index (χ1v) is 7.91. The van der Waals surface area contributed by atoms with Crippen LogP contribution in [0.1, 0.15) is 40.5 Å². The van der Waals surface area contributed by atoms with E-state index < -0.39 is 0 Å². The number of nitrogens with one attached hydrogen (secondary N) is 1. The van der Waals surface area contributed by atoms with E-state index in [4.69, 9.17) is 0 Å². The highest BCUT2D eigenvalue weighted by molar-refractivity contribution is 5.80. The van der Waals surface area contributed by atoms with E-state index in [9.17, 15) is 0 Å². The van der Waals surface area contributed by atoms with Gasteiger partial charge in [0.15, 0.2) is 0 Å². The van der Waals surface area contributed by atoms with Crippen LogP contribution < -0.4 is 5.32 Å². The summed E-state index contributed by atoms with van der Waals surface area (Å²) in [6.45, 7) is 8.00. The van der Waals surface area contributed by atoms with Crippen molar-refractivity contribution in [2.45, 2.75) is 40.5 Å². The van der Waals surface area contributed by atoms with Crippen LogP contribution in [0.3, 0.4) is 0 Å². The summed E-state index contributed by atoms with van der Waals surface area (Å²) in [5.41, 5.74) is 2.16. The summed E-state index contributed by atoms with van der Waals surface area (Å²) in [5.74, 6) is 0.904. The number of allylic oxidation sites excluding steroid dienone is 3. The Morgan fingerprint density at radius 2 is 1.67 bits per heavy atom. The molecule has 1 aliphatic rings. The van der Waals surface area contributed by atoms with Gasteiger partial charge in [-0.25, -0.2) is 4.98 Å². The predicted octanol–water partition coefficient (Wildman–Crippen LogP) is 5.93. The maximum atomic E-state index is 4.58. The third kappa shape index (κ3) is 5.07. The molecule has 0 spiro atoms. The first-order valence-electron chi connectivity index (χ1n) is 7.91. The number of anilines is 1. The summed E-state index contributed by atoms with van der Waals surface area (Å²) in [4.78, 5) is 4.58. The van der Waals surface area contributed by atoms with E-state index in [2.05, 4.69) is 40.7 Å². The van der Waals surface area contributed by atoms with Gasteiger partial charge in [-0.1, -0.05) is 58.0 Å². The lowest BCUT2D eigenvalue weighted by molar-refractivity contribution is 1.02. The molecule has 1 aliphatic carbocycles. The number of rotatable bonds is 2. The van der Waals surface area contributed by atoms with E-state index in [0.717, 1.165) is 29.9 Å².